The summed E-state index contributed by atoms with van der Waals surface area (Å²) in [5, 5.41) is 3.64. The number of nitrogens with one attached hydrogen (secondary N) is 1. The van der Waals surface area contributed by atoms with Crippen molar-refractivity contribution in [3.05, 3.63) is 0 Å². The third-order valence-corrected chi connectivity index (χ3v) is 4.54. The van der Waals surface area contributed by atoms with Crippen molar-refractivity contribution in [3.63, 3.8) is 0 Å². The first kappa shape index (κ1) is 16.0. The lowest BCUT2D eigenvalue weighted by atomic mass is 9.71. The summed E-state index contributed by atoms with van der Waals surface area (Å²) in [6.07, 6.45) is 8.28. The standard InChI is InChI=1S/C16H33NO/c1-5-14-8-9-16(12-17-13(2)3)15(11-14)7-6-10-18-4/h13-17H,5-12H2,1-4H3. The summed E-state index contributed by atoms with van der Waals surface area (Å²) >= 11 is 0. The van der Waals surface area contributed by atoms with E-state index in [1.807, 2.05) is 7.11 Å². The molecular formula is C16H33NO. The van der Waals surface area contributed by atoms with Gasteiger partial charge in [0.2, 0.25) is 0 Å². The lowest BCUT2D eigenvalue weighted by Crippen LogP contribution is -2.36. The molecule has 0 radical (unpaired) electrons. The Morgan fingerprint density at radius 1 is 1.22 bits per heavy atom. The fourth-order valence-corrected chi connectivity index (χ4v) is 3.29. The second kappa shape index (κ2) is 8.92. The van der Waals surface area contributed by atoms with Gasteiger partial charge in [0.05, 0.1) is 0 Å². The first-order valence-corrected chi connectivity index (χ1v) is 7.89. The Bertz CT molecular complexity index is 205. The Balaban J connectivity index is 2.40. The first-order valence-electron chi connectivity index (χ1n) is 7.89. The summed E-state index contributed by atoms with van der Waals surface area (Å²) in [4.78, 5) is 0. The number of hydrogen-bond donors (Lipinski definition) is 1. The normalized spacial score (nSPS) is 28.8. The SMILES string of the molecule is CCC1CCC(CNC(C)C)C(CCCOC)C1. The molecule has 1 rings (SSSR count). The van der Waals surface area contributed by atoms with Crippen molar-refractivity contribution in [2.45, 2.75) is 65.3 Å². The van der Waals surface area contributed by atoms with Crippen LogP contribution < -0.4 is 5.32 Å². The van der Waals surface area contributed by atoms with E-state index in [4.69, 9.17) is 4.74 Å². The van der Waals surface area contributed by atoms with Crippen molar-refractivity contribution in [2.75, 3.05) is 20.3 Å². The monoisotopic (exact) mass is 255 g/mol. The van der Waals surface area contributed by atoms with Gasteiger partial charge in [0.25, 0.3) is 0 Å². The molecule has 1 fully saturated rings. The molecule has 1 aliphatic rings. The van der Waals surface area contributed by atoms with Gasteiger partial charge in [-0.2, -0.15) is 0 Å². The zero-order chi connectivity index (χ0) is 13.4. The predicted molar refractivity (Wildman–Crippen MR) is 78.9 cm³/mol. The molecule has 0 aliphatic heterocycles. The topological polar surface area (TPSA) is 21.3 Å². The fourth-order valence-electron chi connectivity index (χ4n) is 3.29. The van der Waals surface area contributed by atoms with E-state index in [2.05, 4.69) is 26.1 Å². The van der Waals surface area contributed by atoms with E-state index in [-0.39, 0.29) is 0 Å². The molecule has 1 saturated carbocycles. The van der Waals surface area contributed by atoms with Crippen LogP contribution in [0.1, 0.15) is 59.3 Å². The van der Waals surface area contributed by atoms with Crippen LogP contribution in [0.25, 0.3) is 0 Å². The lowest BCUT2D eigenvalue weighted by Gasteiger charge is -2.36. The van der Waals surface area contributed by atoms with Crippen LogP contribution in [0.4, 0.5) is 0 Å². The van der Waals surface area contributed by atoms with Gasteiger partial charge in [-0.3, -0.25) is 0 Å². The van der Waals surface area contributed by atoms with E-state index >= 15 is 0 Å². The molecule has 3 atom stereocenters. The molecule has 0 heterocycles. The van der Waals surface area contributed by atoms with E-state index in [1.54, 1.807) is 0 Å². The Morgan fingerprint density at radius 3 is 2.61 bits per heavy atom. The van der Waals surface area contributed by atoms with Gasteiger partial charge in [-0.25, -0.2) is 0 Å². The highest BCUT2D eigenvalue weighted by Crippen LogP contribution is 2.37. The lowest BCUT2D eigenvalue weighted by molar-refractivity contribution is 0.136. The third-order valence-electron chi connectivity index (χ3n) is 4.54. The Morgan fingerprint density at radius 2 is 2.00 bits per heavy atom. The van der Waals surface area contributed by atoms with Crippen LogP contribution in [0.5, 0.6) is 0 Å². The molecule has 0 spiro atoms. The number of rotatable bonds is 8. The summed E-state index contributed by atoms with van der Waals surface area (Å²) in [5.74, 6) is 2.80. The van der Waals surface area contributed by atoms with Crippen LogP contribution in [0.15, 0.2) is 0 Å². The van der Waals surface area contributed by atoms with Gasteiger partial charge in [0.1, 0.15) is 0 Å². The van der Waals surface area contributed by atoms with Crippen LogP contribution in [-0.2, 0) is 4.74 Å². The van der Waals surface area contributed by atoms with Gasteiger partial charge >= 0.3 is 0 Å². The largest absolute Gasteiger partial charge is 0.385 e. The van der Waals surface area contributed by atoms with E-state index in [1.165, 1.54) is 45.1 Å². The molecule has 0 bridgehead atoms. The van der Waals surface area contributed by atoms with Gasteiger partial charge in [-0.05, 0) is 50.0 Å². The maximum absolute atomic E-state index is 5.20. The zero-order valence-corrected chi connectivity index (χ0v) is 12.9. The van der Waals surface area contributed by atoms with Crippen LogP contribution in [0.3, 0.4) is 0 Å². The van der Waals surface area contributed by atoms with Crippen molar-refractivity contribution in [1.82, 2.24) is 5.32 Å². The highest BCUT2D eigenvalue weighted by atomic mass is 16.5. The Hall–Kier alpha value is -0.0800. The second-order valence-corrected chi connectivity index (χ2v) is 6.31. The highest BCUT2D eigenvalue weighted by molar-refractivity contribution is 4.81. The quantitative estimate of drug-likeness (QED) is 0.665. The first-order chi connectivity index (χ1) is 8.67. The molecule has 2 nitrogen and oxygen atoms in total. The number of methoxy groups -OCH3 is 1. The van der Waals surface area contributed by atoms with Gasteiger partial charge < -0.3 is 10.1 Å². The van der Waals surface area contributed by atoms with Crippen LogP contribution in [0, 0.1) is 17.8 Å². The third kappa shape index (κ3) is 5.71. The zero-order valence-electron chi connectivity index (χ0n) is 12.9. The molecule has 1 N–H and O–H groups in total. The molecule has 1 aliphatic carbocycles. The average molecular weight is 255 g/mol. The van der Waals surface area contributed by atoms with E-state index in [0.29, 0.717) is 6.04 Å². The summed E-state index contributed by atoms with van der Waals surface area (Å²) in [6.45, 7) is 8.99. The molecule has 2 heteroatoms. The fraction of sp³-hybridized carbons (Fsp3) is 1.00. The molecule has 0 aromatic rings. The molecule has 3 unspecified atom stereocenters. The van der Waals surface area contributed by atoms with Crippen molar-refractivity contribution >= 4 is 0 Å². The summed E-state index contributed by atoms with van der Waals surface area (Å²) in [6, 6.07) is 0.619. The summed E-state index contributed by atoms with van der Waals surface area (Å²) < 4.78 is 5.20. The molecule has 0 saturated heterocycles. The van der Waals surface area contributed by atoms with Crippen molar-refractivity contribution in [2.24, 2.45) is 17.8 Å². The van der Waals surface area contributed by atoms with Gasteiger partial charge in [0, 0.05) is 19.8 Å². The van der Waals surface area contributed by atoms with Crippen molar-refractivity contribution in [1.29, 1.82) is 0 Å². The van der Waals surface area contributed by atoms with Crippen molar-refractivity contribution in [3.8, 4) is 0 Å². The Labute approximate surface area is 114 Å². The minimum absolute atomic E-state index is 0.619. The minimum Gasteiger partial charge on any atom is -0.385 e. The highest BCUT2D eigenvalue weighted by Gasteiger charge is 2.29. The van der Waals surface area contributed by atoms with E-state index in [9.17, 15) is 0 Å². The Kier molecular flexibility index (Phi) is 7.92. The van der Waals surface area contributed by atoms with Gasteiger partial charge in [0.15, 0.2) is 0 Å². The van der Waals surface area contributed by atoms with E-state index in [0.717, 1.165) is 24.4 Å². The number of ether oxygens (including phenoxy) is 1. The summed E-state index contributed by atoms with van der Waals surface area (Å²) in [7, 11) is 1.81. The molecule has 0 aromatic carbocycles. The van der Waals surface area contributed by atoms with Crippen LogP contribution in [-0.4, -0.2) is 26.3 Å². The van der Waals surface area contributed by atoms with Crippen LogP contribution >= 0.6 is 0 Å². The average Bonchev–Trinajstić information content (AvgIpc) is 2.37. The van der Waals surface area contributed by atoms with Gasteiger partial charge in [-0.15, -0.1) is 0 Å². The van der Waals surface area contributed by atoms with E-state index < -0.39 is 0 Å². The smallest absolute Gasteiger partial charge is 0.0462 e. The number of hydrogen-bond acceptors (Lipinski definition) is 2. The van der Waals surface area contributed by atoms with Gasteiger partial charge in [-0.1, -0.05) is 33.6 Å². The van der Waals surface area contributed by atoms with Crippen molar-refractivity contribution < 1.29 is 4.74 Å². The summed E-state index contributed by atoms with van der Waals surface area (Å²) in [5.41, 5.74) is 0. The second-order valence-electron chi connectivity index (χ2n) is 6.31. The molecule has 0 aromatic heterocycles. The predicted octanol–water partition coefficient (Wildman–Crippen LogP) is 3.85. The van der Waals surface area contributed by atoms with Crippen LogP contribution in [0.2, 0.25) is 0 Å². The molecule has 0 amide bonds. The minimum atomic E-state index is 0.619. The maximum Gasteiger partial charge on any atom is 0.0462 e. The molecular weight excluding hydrogens is 222 g/mol. The molecule has 18 heavy (non-hydrogen) atoms. The maximum atomic E-state index is 5.20. The molecule has 108 valence electrons.